The Morgan fingerprint density at radius 2 is 1.52 bits per heavy atom. The molecule has 4 aromatic rings. The lowest BCUT2D eigenvalue weighted by atomic mass is 9.96. The smallest absolute Gasteiger partial charge is 0.337 e. The first-order chi connectivity index (χ1) is 14.2. The van der Waals surface area contributed by atoms with Crippen molar-refractivity contribution in [2.45, 2.75) is 6.42 Å². The molecule has 0 saturated heterocycles. The summed E-state index contributed by atoms with van der Waals surface area (Å²) in [7, 11) is 1.39. The highest BCUT2D eigenvalue weighted by atomic mass is 16.6. The Kier molecular flexibility index (Phi) is 5.27. The zero-order valence-electron chi connectivity index (χ0n) is 16.1. The van der Waals surface area contributed by atoms with Gasteiger partial charge in [-0.3, -0.25) is 0 Å². The maximum Gasteiger partial charge on any atom is 0.337 e. The van der Waals surface area contributed by atoms with E-state index in [2.05, 4.69) is 24.3 Å². The number of fused-ring (bicyclic) bond motifs is 1. The molecule has 0 amide bonds. The van der Waals surface area contributed by atoms with Crippen LogP contribution < -0.4 is 10.7 Å². The summed E-state index contributed by atoms with van der Waals surface area (Å²) >= 11 is 0. The molecule has 0 heterocycles. The molecule has 29 heavy (non-hydrogen) atoms. The van der Waals surface area contributed by atoms with Gasteiger partial charge < -0.3 is 9.57 Å². The molecule has 0 aliphatic rings. The lowest BCUT2D eigenvalue weighted by Gasteiger charge is -2.11. The number of carbonyl (C=O) groups is 1. The van der Waals surface area contributed by atoms with Crippen molar-refractivity contribution < 1.29 is 14.4 Å². The molecule has 4 heteroatoms. The third kappa shape index (κ3) is 3.98. The van der Waals surface area contributed by atoms with Crippen molar-refractivity contribution in [1.29, 1.82) is 0 Å². The van der Waals surface area contributed by atoms with Gasteiger partial charge in [-0.25, -0.2) is 4.79 Å². The zero-order chi connectivity index (χ0) is 20.2. The predicted molar refractivity (Wildman–Crippen MR) is 115 cm³/mol. The van der Waals surface area contributed by atoms with Gasteiger partial charge in [0, 0.05) is 12.0 Å². The third-order valence-electron chi connectivity index (χ3n) is 5.02. The molecule has 0 radical (unpaired) electrons. The maximum atomic E-state index is 11.7. The summed E-state index contributed by atoms with van der Waals surface area (Å²) in [6.07, 6.45) is 0.733. The number of nitrogens with two attached hydrogens (primary N) is 1. The van der Waals surface area contributed by atoms with E-state index in [0.29, 0.717) is 11.3 Å². The quantitative estimate of drug-likeness (QED) is 0.383. The molecule has 0 saturated carbocycles. The number of esters is 1. The van der Waals surface area contributed by atoms with Gasteiger partial charge in [-0.15, -0.1) is 0 Å². The van der Waals surface area contributed by atoms with E-state index in [1.165, 1.54) is 12.7 Å². The molecule has 2 N–H and O–H groups in total. The van der Waals surface area contributed by atoms with Crippen molar-refractivity contribution in [1.82, 2.24) is 0 Å². The van der Waals surface area contributed by atoms with Crippen molar-refractivity contribution in [2.24, 2.45) is 5.90 Å². The monoisotopic (exact) mass is 383 g/mol. The normalized spacial score (nSPS) is 10.7. The lowest BCUT2D eigenvalue weighted by molar-refractivity contribution is 0.0601. The van der Waals surface area contributed by atoms with Gasteiger partial charge in [-0.1, -0.05) is 54.6 Å². The van der Waals surface area contributed by atoms with Gasteiger partial charge in [-0.05, 0) is 57.8 Å². The first kappa shape index (κ1) is 18.7. The molecule has 0 atom stereocenters. The number of hydrogen-bond donors (Lipinski definition) is 1. The average molecular weight is 383 g/mol. The van der Waals surface area contributed by atoms with Crippen LogP contribution in [0, 0.1) is 0 Å². The molecule has 4 rings (SSSR count). The Labute approximate surface area is 169 Å². The van der Waals surface area contributed by atoms with Crippen LogP contribution in [0.4, 0.5) is 0 Å². The zero-order valence-corrected chi connectivity index (χ0v) is 16.1. The van der Waals surface area contributed by atoms with Gasteiger partial charge in [0.05, 0.1) is 12.7 Å². The van der Waals surface area contributed by atoms with Crippen LogP contribution in [0.5, 0.6) is 5.75 Å². The number of hydrogen-bond acceptors (Lipinski definition) is 4. The van der Waals surface area contributed by atoms with E-state index in [-0.39, 0.29) is 5.97 Å². The molecule has 144 valence electrons. The van der Waals surface area contributed by atoms with Gasteiger partial charge in [0.25, 0.3) is 0 Å². The van der Waals surface area contributed by atoms with E-state index in [9.17, 15) is 4.79 Å². The second-order valence-corrected chi connectivity index (χ2v) is 6.87. The number of benzene rings is 4. The molecule has 0 aromatic heterocycles. The summed E-state index contributed by atoms with van der Waals surface area (Å²) in [5.74, 6) is 5.81. The van der Waals surface area contributed by atoms with Gasteiger partial charge in [0.2, 0.25) is 0 Å². The van der Waals surface area contributed by atoms with Crippen LogP contribution in [0.2, 0.25) is 0 Å². The highest BCUT2D eigenvalue weighted by Crippen LogP contribution is 2.30. The Bertz CT molecular complexity index is 1170. The topological polar surface area (TPSA) is 61.5 Å². The first-order valence-corrected chi connectivity index (χ1v) is 9.34. The van der Waals surface area contributed by atoms with Crippen molar-refractivity contribution in [2.75, 3.05) is 7.11 Å². The molecule has 0 aliphatic heterocycles. The third-order valence-corrected chi connectivity index (χ3v) is 5.02. The Hall–Kier alpha value is -3.63. The number of methoxy groups -OCH3 is 1. The Morgan fingerprint density at radius 3 is 2.28 bits per heavy atom. The molecule has 4 nitrogen and oxygen atoms in total. The minimum atomic E-state index is -0.334. The molecule has 0 bridgehead atoms. The lowest BCUT2D eigenvalue weighted by Crippen LogP contribution is -2.05. The van der Waals surface area contributed by atoms with Crippen LogP contribution in [0.25, 0.3) is 21.9 Å². The number of rotatable bonds is 5. The summed E-state index contributed by atoms with van der Waals surface area (Å²) in [6, 6.07) is 28.0. The summed E-state index contributed by atoms with van der Waals surface area (Å²) in [4.78, 5) is 16.8. The Balaban J connectivity index is 1.71. The van der Waals surface area contributed by atoms with Gasteiger partial charge in [0.15, 0.2) is 0 Å². The van der Waals surface area contributed by atoms with E-state index in [0.717, 1.165) is 33.9 Å². The summed E-state index contributed by atoms with van der Waals surface area (Å²) in [5, 5.41) is 2.04. The molecular weight excluding hydrogens is 362 g/mol. The summed E-state index contributed by atoms with van der Waals surface area (Å²) in [5.41, 5.74) is 4.92. The average Bonchev–Trinajstić information content (AvgIpc) is 2.78. The van der Waals surface area contributed by atoms with Crippen molar-refractivity contribution in [3.8, 4) is 16.9 Å². The molecule has 0 spiro atoms. The van der Waals surface area contributed by atoms with E-state index in [1.54, 1.807) is 6.07 Å². The van der Waals surface area contributed by atoms with E-state index < -0.39 is 0 Å². The van der Waals surface area contributed by atoms with Crippen molar-refractivity contribution in [3.63, 3.8) is 0 Å². The minimum Gasteiger partial charge on any atom is -0.465 e. The maximum absolute atomic E-state index is 11.7. The summed E-state index contributed by atoms with van der Waals surface area (Å²) in [6.45, 7) is 0. The highest BCUT2D eigenvalue weighted by molar-refractivity contribution is 5.96. The van der Waals surface area contributed by atoms with Crippen LogP contribution in [-0.4, -0.2) is 13.1 Å². The van der Waals surface area contributed by atoms with Gasteiger partial charge in [-0.2, -0.15) is 5.90 Å². The minimum absolute atomic E-state index is 0.334. The molecule has 4 aromatic carbocycles. The van der Waals surface area contributed by atoms with Crippen molar-refractivity contribution in [3.05, 3.63) is 102 Å². The number of ether oxygens (including phenoxy) is 1. The second kappa shape index (κ2) is 8.17. The second-order valence-electron chi connectivity index (χ2n) is 6.87. The fraction of sp³-hybridized carbons (Fsp3) is 0.0800. The van der Waals surface area contributed by atoms with Crippen molar-refractivity contribution >= 4 is 16.7 Å². The highest BCUT2D eigenvalue weighted by Gasteiger charge is 2.10. The number of carbonyl (C=O) groups excluding carboxylic acids is 1. The van der Waals surface area contributed by atoms with Crippen LogP contribution in [0.1, 0.15) is 21.5 Å². The predicted octanol–water partition coefficient (Wildman–Crippen LogP) is 5.14. The van der Waals surface area contributed by atoms with Gasteiger partial charge >= 0.3 is 5.97 Å². The van der Waals surface area contributed by atoms with Crippen LogP contribution in [0.3, 0.4) is 0 Å². The molecular formula is C25H21NO3. The standard InChI is InChI=1S/C25H21NO3/c1-28-25(27)22-10-9-19-14-18(7-8-20(19)15-22)21-11-12-24(29-26)23(16-21)13-17-5-3-2-4-6-17/h2-12,14-16H,13,26H2,1H3. The first-order valence-electron chi connectivity index (χ1n) is 9.34. The van der Waals surface area contributed by atoms with E-state index in [4.69, 9.17) is 15.5 Å². The SMILES string of the molecule is COC(=O)c1ccc2cc(-c3ccc(ON)c(Cc4ccccc4)c3)ccc2c1. The fourth-order valence-electron chi connectivity index (χ4n) is 3.50. The Morgan fingerprint density at radius 1 is 0.828 bits per heavy atom. The molecule has 0 aliphatic carbocycles. The van der Waals surface area contributed by atoms with Crippen LogP contribution in [-0.2, 0) is 11.2 Å². The van der Waals surface area contributed by atoms with E-state index in [1.807, 2.05) is 54.6 Å². The van der Waals surface area contributed by atoms with E-state index >= 15 is 0 Å². The van der Waals surface area contributed by atoms with Crippen LogP contribution >= 0.6 is 0 Å². The van der Waals surface area contributed by atoms with Gasteiger partial charge in [0.1, 0.15) is 5.75 Å². The van der Waals surface area contributed by atoms with Crippen LogP contribution in [0.15, 0.2) is 84.9 Å². The summed E-state index contributed by atoms with van der Waals surface area (Å²) < 4.78 is 4.80. The fourth-order valence-corrected chi connectivity index (χ4v) is 3.50. The largest absolute Gasteiger partial charge is 0.465 e. The molecule has 0 unspecified atom stereocenters. The molecule has 0 fully saturated rings.